The van der Waals surface area contributed by atoms with E-state index >= 15 is 0 Å². The zero-order chi connectivity index (χ0) is 15.2. The standard InChI is InChI=1S/C17H19FN2O/c1-12(14-6-8-16(18)9-7-14)20-17(21)15-4-2-13(3-5-15)10-11-19/h2-9,12H,10-11,19H2,1H3,(H,20,21)/t12-/m1/s1. The van der Waals surface area contributed by atoms with E-state index < -0.39 is 0 Å². The molecular formula is C17H19FN2O. The summed E-state index contributed by atoms with van der Waals surface area (Å²) in [5, 5.41) is 2.90. The lowest BCUT2D eigenvalue weighted by atomic mass is 10.1. The van der Waals surface area contributed by atoms with Crippen LogP contribution >= 0.6 is 0 Å². The molecule has 110 valence electrons. The Morgan fingerprint density at radius 2 is 1.76 bits per heavy atom. The highest BCUT2D eigenvalue weighted by Gasteiger charge is 2.11. The van der Waals surface area contributed by atoms with Crippen molar-refractivity contribution in [2.45, 2.75) is 19.4 Å². The van der Waals surface area contributed by atoms with Gasteiger partial charge in [-0.15, -0.1) is 0 Å². The Morgan fingerprint density at radius 1 is 1.14 bits per heavy atom. The summed E-state index contributed by atoms with van der Waals surface area (Å²) in [5.41, 5.74) is 8.07. The molecule has 0 saturated carbocycles. The summed E-state index contributed by atoms with van der Waals surface area (Å²) in [6.07, 6.45) is 0.799. The number of benzene rings is 2. The number of carbonyl (C=O) groups is 1. The van der Waals surface area contributed by atoms with Crippen LogP contribution in [0.3, 0.4) is 0 Å². The fourth-order valence-corrected chi connectivity index (χ4v) is 2.10. The van der Waals surface area contributed by atoms with Crippen LogP contribution in [-0.2, 0) is 6.42 Å². The molecule has 2 aromatic rings. The zero-order valence-electron chi connectivity index (χ0n) is 12.0. The molecule has 21 heavy (non-hydrogen) atoms. The lowest BCUT2D eigenvalue weighted by Gasteiger charge is -2.14. The SMILES string of the molecule is C[C@@H](NC(=O)c1ccc(CCN)cc1)c1ccc(F)cc1. The van der Waals surface area contributed by atoms with E-state index in [9.17, 15) is 9.18 Å². The van der Waals surface area contributed by atoms with E-state index in [-0.39, 0.29) is 17.8 Å². The van der Waals surface area contributed by atoms with Gasteiger partial charge < -0.3 is 11.1 Å². The molecular weight excluding hydrogens is 267 g/mol. The predicted octanol–water partition coefficient (Wildman–Crippen LogP) is 2.82. The van der Waals surface area contributed by atoms with E-state index in [0.717, 1.165) is 17.5 Å². The second kappa shape index (κ2) is 6.99. The lowest BCUT2D eigenvalue weighted by molar-refractivity contribution is 0.0940. The molecule has 1 atom stereocenters. The van der Waals surface area contributed by atoms with Crippen molar-refractivity contribution >= 4 is 5.91 Å². The molecule has 1 amide bonds. The summed E-state index contributed by atoms with van der Waals surface area (Å²) in [6.45, 7) is 2.46. The lowest BCUT2D eigenvalue weighted by Crippen LogP contribution is -2.26. The van der Waals surface area contributed by atoms with Gasteiger partial charge >= 0.3 is 0 Å². The number of rotatable bonds is 5. The molecule has 0 fully saturated rings. The number of hydrogen-bond donors (Lipinski definition) is 2. The van der Waals surface area contributed by atoms with Crippen molar-refractivity contribution in [1.82, 2.24) is 5.32 Å². The van der Waals surface area contributed by atoms with Crippen molar-refractivity contribution in [1.29, 1.82) is 0 Å². The van der Waals surface area contributed by atoms with Crippen LogP contribution in [0.15, 0.2) is 48.5 Å². The third kappa shape index (κ3) is 4.13. The van der Waals surface area contributed by atoms with Gasteiger partial charge in [0.05, 0.1) is 6.04 Å². The highest BCUT2D eigenvalue weighted by atomic mass is 19.1. The first kappa shape index (κ1) is 15.2. The van der Waals surface area contributed by atoms with Gasteiger partial charge in [0.2, 0.25) is 0 Å². The summed E-state index contributed by atoms with van der Waals surface area (Å²) < 4.78 is 12.9. The van der Waals surface area contributed by atoms with Gasteiger partial charge in [-0.05, 0) is 55.3 Å². The van der Waals surface area contributed by atoms with Crippen LogP contribution in [0.4, 0.5) is 4.39 Å². The number of amides is 1. The maximum Gasteiger partial charge on any atom is 0.251 e. The van der Waals surface area contributed by atoms with E-state index in [0.29, 0.717) is 12.1 Å². The van der Waals surface area contributed by atoms with Crippen LogP contribution in [0.5, 0.6) is 0 Å². The van der Waals surface area contributed by atoms with Crippen LogP contribution in [0.1, 0.15) is 34.5 Å². The van der Waals surface area contributed by atoms with Crippen molar-refractivity contribution in [3.05, 3.63) is 71.0 Å². The minimum Gasteiger partial charge on any atom is -0.346 e. The van der Waals surface area contributed by atoms with Crippen LogP contribution in [0.25, 0.3) is 0 Å². The van der Waals surface area contributed by atoms with Crippen LogP contribution < -0.4 is 11.1 Å². The van der Waals surface area contributed by atoms with Crippen molar-refractivity contribution in [3.8, 4) is 0 Å². The topological polar surface area (TPSA) is 55.1 Å². The zero-order valence-corrected chi connectivity index (χ0v) is 12.0. The van der Waals surface area contributed by atoms with Gasteiger partial charge in [-0.1, -0.05) is 24.3 Å². The molecule has 2 rings (SSSR count). The summed E-state index contributed by atoms with van der Waals surface area (Å²) in [4.78, 5) is 12.2. The van der Waals surface area contributed by atoms with Gasteiger partial charge in [0.25, 0.3) is 5.91 Å². The van der Waals surface area contributed by atoms with Gasteiger partial charge in [-0.25, -0.2) is 4.39 Å². The first-order valence-corrected chi connectivity index (χ1v) is 6.95. The van der Waals surface area contributed by atoms with E-state index in [4.69, 9.17) is 5.73 Å². The van der Waals surface area contributed by atoms with Gasteiger partial charge in [0.1, 0.15) is 5.82 Å². The Hall–Kier alpha value is -2.20. The molecule has 0 heterocycles. The first-order chi connectivity index (χ1) is 10.1. The second-order valence-corrected chi connectivity index (χ2v) is 4.98. The maximum atomic E-state index is 12.9. The highest BCUT2D eigenvalue weighted by Crippen LogP contribution is 2.14. The molecule has 2 aromatic carbocycles. The summed E-state index contributed by atoms with van der Waals surface area (Å²) in [7, 11) is 0. The van der Waals surface area contributed by atoms with Gasteiger partial charge in [0.15, 0.2) is 0 Å². The van der Waals surface area contributed by atoms with E-state index in [1.807, 2.05) is 19.1 Å². The molecule has 0 aliphatic carbocycles. The predicted molar refractivity (Wildman–Crippen MR) is 81.5 cm³/mol. The molecule has 3 N–H and O–H groups in total. The molecule has 3 nitrogen and oxygen atoms in total. The van der Waals surface area contributed by atoms with Crippen molar-refractivity contribution < 1.29 is 9.18 Å². The minimum atomic E-state index is -0.284. The van der Waals surface area contributed by atoms with E-state index in [1.165, 1.54) is 12.1 Å². The largest absolute Gasteiger partial charge is 0.346 e. The Bertz CT molecular complexity index is 593. The molecule has 0 bridgehead atoms. The average Bonchev–Trinajstić information content (AvgIpc) is 2.49. The Morgan fingerprint density at radius 3 is 2.33 bits per heavy atom. The summed E-state index contributed by atoms with van der Waals surface area (Å²) >= 11 is 0. The van der Waals surface area contributed by atoms with E-state index in [2.05, 4.69) is 5.32 Å². The van der Waals surface area contributed by atoms with Crippen molar-refractivity contribution in [2.75, 3.05) is 6.54 Å². The number of hydrogen-bond acceptors (Lipinski definition) is 2. The fraction of sp³-hybridized carbons (Fsp3) is 0.235. The number of halogens is 1. The molecule has 0 saturated heterocycles. The molecule has 0 unspecified atom stereocenters. The third-order valence-corrected chi connectivity index (χ3v) is 3.37. The quantitative estimate of drug-likeness (QED) is 0.888. The minimum absolute atomic E-state index is 0.147. The molecule has 0 aromatic heterocycles. The molecule has 4 heteroatoms. The Kier molecular flexibility index (Phi) is 5.06. The van der Waals surface area contributed by atoms with E-state index in [1.54, 1.807) is 24.3 Å². The smallest absolute Gasteiger partial charge is 0.251 e. The van der Waals surface area contributed by atoms with Gasteiger partial charge in [-0.2, -0.15) is 0 Å². The highest BCUT2D eigenvalue weighted by molar-refractivity contribution is 5.94. The van der Waals surface area contributed by atoms with Crippen molar-refractivity contribution in [3.63, 3.8) is 0 Å². The van der Waals surface area contributed by atoms with Gasteiger partial charge in [-0.3, -0.25) is 4.79 Å². The molecule has 0 aliphatic rings. The monoisotopic (exact) mass is 286 g/mol. The average molecular weight is 286 g/mol. The van der Waals surface area contributed by atoms with Gasteiger partial charge in [0, 0.05) is 5.56 Å². The molecule has 0 spiro atoms. The summed E-state index contributed by atoms with van der Waals surface area (Å²) in [5.74, 6) is -0.432. The van der Waals surface area contributed by atoms with Crippen LogP contribution in [0.2, 0.25) is 0 Å². The molecule has 0 radical (unpaired) electrons. The van der Waals surface area contributed by atoms with Crippen LogP contribution in [0, 0.1) is 5.82 Å². The Labute approximate surface area is 124 Å². The van der Waals surface area contributed by atoms with Crippen LogP contribution in [-0.4, -0.2) is 12.5 Å². The Balaban J connectivity index is 2.01. The number of nitrogens with one attached hydrogen (secondary N) is 1. The normalized spacial score (nSPS) is 12.0. The summed E-state index contributed by atoms with van der Waals surface area (Å²) in [6, 6.07) is 13.3. The first-order valence-electron chi connectivity index (χ1n) is 6.95. The maximum absolute atomic E-state index is 12.9. The fourth-order valence-electron chi connectivity index (χ4n) is 2.10. The third-order valence-electron chi connectivity index (χ3n) is 3.37. The molecule has 0 aliphatic heterocycles. The second-order valence-electron chi connectivity index (χ2n) is 4.98. The number of carbonyl (C=O) groups excluding carboxylic acids is 1. The number of nitrogens with two attached hydrogens (primary N) is 1. The van der Waals surface area contributed by atoms with Crippen molar-refractivity contribution in [2.24, 2.45) is 5.73 Å².